The van der Waals surface area contributed by atoms with Crippen molar-refractivity contribution in [2.24, 2.45) is 0 Å². The van der Waals surface area contributed by atoms with Crippen LogP contribution in [0.15, 0.2) is 17.2 Å². The van der Waals surface area contributed by atoms with Gasteiger partial charge in [-0.1, -0.05) is 11.6 Å². The molecule has 6 nitrogen and oxygen atoms in total. The first kappa shape index (κ1) is 12.2. The molecule has 18 heavy (non-hydrogen) atoms. The number of pyridine rings is 1. The minimum atomic E-state index is -3.55. The second-order valence-corrected chi connectivity index (χ2v) is 6.42. The fraction of sp³-hybridized carbons (Fsp3) is 0.500. The smallest absolute Gasteiger partial charge is 0.244 e. The van der Waals surface area contributed by atoms with E-state index < -0.39 is 10.0 Å². The van der Waals surface area contributed by atoms with E-state index >= 15 is 0 Å². The van der Waals surface area contributed by atoms with Gasteiger partial charge in [0.25, 0.3) is 0 Å². The largest absolute Gasteiger partial charge is 0.377 e. The second kappa shape index (κ2) is 4.34. The summed E-state index contributed by atoms with van der Waals surface area (Å²) in [6.45, 7) is 2.01. The highest BCUT2D eigenvalue weighted by atomic mass is 35.5. The number of aromatic nitrogens is 1. The van der Waals surface area contributed by atoms with Gasteiger partial charge in [0.2, 0.25) is 10.0 Å². The molecule has 0 bridgehead atoms. The standard InChI is InChI=1S/C10H12ClN3O3S/c11-7-3-9-10(12-4-7)14-1-2-17-6-8(14)5-13-18(9,15)16/h3-4,8,13H,1-2,5-6H2/t8-/m0/s1. The summed E-state index contributed by atoms with van der Waals surface area (Å²) in [5.41, 5.74) is 0. The van der Waals surface area contributed by atoms with Crippen molar-refractivity contribution in [3.63, 3.8) is 0 Å². The molecular weight excluding hydrogens is 278 g/mol. The third-order valence-electron chi connectivity index (χ3n) is 3.10. The first-order valence-corrected chi connectivity index (χ1v) is 7.43. The Bertz CT molecular complexity index is 578. The van der Waals surface area contributed by atoms with Crippen LogP contribution in [0.2, 0.25) is 5.02 Å². The van der Waals surface area contributed by atoms with Crippen molar-refractivity contribution in [1.29, 1.82) is 0 Å². The van der Waals surface area contributed by atoms with E-state index in [1.54, 1.807) is 0 Å². The Kier molecular flexibility index (Phi) is 2.93. The maximum atomic E-state index is 12.1. The summed E-state index contributed by atoms with van der Waals surface area (Å²) in [5.74, 6) is 0.456. The fourth-order valence-corrected chi connectivity index (χ4v) is 3.70. The Hall–Kier alpha value is -0.890. The molecule has 1 aromatic heterocycles. The van der Waals surface area contributed by atoms with E-state index in [9.17, 15) is 8.42 Å². The number of halogens is 1. The van der Waals surface area contributed by atoms with E-state index in [4.69, 9.17) is 16.3 Å². The lowest BCUT2D eigenvalue weighted by Crippen LogP contribution is -2.49. The molecule has 0 saturated carbocycles. The van der Waals surface area contributed by atoms with Crippen LogP contribution in [-0.2, 0) is 14.8 Å². The molecule has 0 aromatic carbocycles. The number of hydrogen-bond acceptors (Lipinski definition) is 5. The molecule has 3 rings (SSSR count). The second-order valence-electron chi connectivity index (χ2n) is 4.25. The van der Waals surface area contributed by atoms with Crippen LogP contribution in [0.1, 0.15) is 0 Å². The number of nitrogens with zero attached hydrogens (tertiary/aromatic N) is 2. The molecule has 1 saturated heterocycles. The third-order valence-corrected chi connectivity index (χ3v) is 4.73. The first-order valence-electron chi connectivity index (χ1n) is 5.57. The minimum Gasteiger partial charge on any atom is -0.377 e. The Balaban J connectivity index is 2.17. The summed E-state index contributed by atoms with van der Waals surface area (Å²) in [4.78, 5) is 6.28. The monoisotopic (exact) mass is 289 g/mol. The first-order chi connectivity index (χ1) is 8.58. The molecule has 2 aliphatic heterocycles. The van der Waals surface area contributed by atoms with Gasteiger partial charge in [0, 0.05) is 19.3 Å². The molecule has 0 spiro atoms. The maximum Gasteiger partial charge on any atom is 0.244 e. The molecule has 1 fully saturated rings. The van der Waals surface area contributed by atoms with E-state index in [0.717, 1.165) is 0 Å². The molecule has 0 radical (unpaired) electrons. The summed E-state index contributed by atoms with van der Waals surface area (Å²) >= 11 is 5.83. The molecule has 2 aliphatic rings. The molecule has 0 unspecified atom stereocenters. The minimum absolute atomic E-state index is 0.0246. The number of anilines is 1. The van der Waals surface area contributed by atoms with Gasteiger partial charge >= 0.3 is 0 Å². The van der Waals surface area contributed by atoms with Gasteiger partial charge in [-0.05, 0) is 6.07 Å². The highest BCUT2D eigenvalue weighted by molar-refractivity contribution is 7.89. The lowest BCUT2D eigenvalue weighted by atomic mass is 10.2. The molecule has 0 amide bonds. The van der Waals surface area contributed by atoms with E-state index in [-0.39, 0.29) is 10.9 Å². The van der Waals surface area contributed by atoms with Gasteiger partial charge in [-0.25, -0.2) is 18.1 Å². The quantitative estimate of drug-likeness (QED) is 0.740. The van der Waals surface area contributed by atoms with Gasteiger partial charge in [-0.2, -0.15) is 0 Å². The van der Waals surface area contributed by atoms with Crippen LogP contribution < -0.4 is 9.62 Å². The van der Waals surface area contributed by atoms with Crippen LogP contribution in [-0.4, -0.2) is 45.7 Å². The van der Waals surface area contributed by atoms with Crippen LogP contribution in [0.25, 0.3) is 0 Å². The average molecular weight is 290 g/mol. The molecular formula is C10H12ClN3O3S. The van der Waals surface area contributed by atoms with Crippen molar-refractivity contribution in [3.05, 3.63) is 17.3 Å². The van der Waals surface area contributed by atoms with E-state index in [1.165, 1.54) is 12.3 Å². The van der Waals surface area contributed by atoms with Crippen molar-refractivity contribution in [1.82, 2.24) is 9.71 Å². The molecule has 98 valence electrons. The van der Waals surface area contributed by atoms with Gasteiger partial charge < -0.3 is 9.64 Å². The Morgan fingerprint density at radius 1 is 1.56 bits per heavy atom. The molecule has 0 aliphatic carbocycles. The summed E-state index contributed by atoms with van der Waals surface area (Å²) in [7, 11) is -3.55. The van der Waals surface area contributed by atoms with Gasteiger partial charge in [-0.3, -0.25) is 0 Å². The van der Waals surface area contributed by atoms with Gasteiger partial charge in [0.05, 0.1) is 24.3 Å². The number of nitrogens with one attached hydrogen (secondary N) is 1. The highest BCUT2D eigenvalue weighted by Gasteiger charge is 2.34. The highest BCUT2D eigenvalue weighted by Crippen LogP contribution is 2.30. The van der Waals surface area contributed by atoms with Crippen LogP contribution in [0.4, 0.5) is 5.82 Å². The van der Waals surface area contributed by atoms with Crippen LogP contribution in [0.3, 0.4) is 0 Å². The predicted molar refractivity (Wildman–Crippen MR) is 66.4 cm³/mol. The number of ether oxygens (including phenoxy) is 1. The van der Waals surface area contributed by atoms with Gasteiger partial charge in [-0.15, -0.1) is 0 Å². The summed E-state index contributed by atoms with van der Waals surface area (Å²) < 4.78 is 32.1. The molecule has 1 atom stereocenters. The zero-order valence-corrected chi connectivity index (χ0v) is 11.0. The third kappa shape index (κ3) is 1.97. The van der Waals surface area contributed by atoms with Crippen LogP contribution in [0.5, 0.6) is 0 Å². The Morgan fingerprint density at radius 2 is 2.39 bits per heavy atom. The SMILES string of the molecule is O=S1(=O)NC[C@H]2COCCN2c2ncc(Cl)cc21. The lowest BCUT2D eigenvalue weighted by molar-refractivity contribution is 0.0950. The van der Waals surface area contributed by atoms with Crippen LogP contribution >= 0.6 is 11.6 Å². The number of morpholine rings is 1. The predicted octanol–water partition coefficient (Wildman–Crippen LogP) is 0.232. The van der Waals surface area contributed by atoms with E-state index in [1.807, 2.05) is 4.90 Å². The Morgan fingerprint density at radius 3 is 3.22 bits per heavy atom. The summed E-state index contributed by atoms with van der Waals surface area (Å²) in [6, 6.07) is 1.41. The van der Waals surface area contributed by atoms with Gasteiger partial charge in [0.15, 0.2) is 0 Å². The normalized spacial score (nSPS) is 26.1. The van der Waals surface area contributed by atoms with E-state index in [0.29, 0.717) is 37.1 Å². The number of hydrogen-bond donors (Lipinski definition) is 1. The molecule has 1 aromatic rings. The molecule has 3 heterocycles. The van der Waals surface area contributed by atoms with Crippen LogP contribution in [0, 0.1) is 0 Å². The number of fused-ring (bicyclic) bond motifs is 3. The Labute approximate surface area is 110 Å². The van der Waals surface area contributed by atoms with Gasteiger partial charge in [0.1, 0.15) is 10.7 Å². The zero-order chi connectivity index (χ0) is 12.8. The number of sulfonamides is 1. The zero-order valence-electron chi connectivity index (χ0n) is 9.47. The fourth-order valence-electron chi connectivity index (χ4n) is 2.21. The van der Waals surface area contributed by atoms with Crippen molar-refractivity contribution in [2.45, 2.75) is 10.9 Å². The average Bonchev–Trinajstić information content (AvgIpc) is 2.46. The van der Waals surface area contributed by atoms with Crippen molar-refractivity contribution < 1.29 is 13.2 Å². The van der Waals surface area contributed by atoms with Crippen molar-refractivity contribution >= 4 is 27.4 Å². The topological polar surface area (TPSA) is 71.5 Å². The molecule has 1 N–H and O–H groups in total. The maximum absolute atomic E-state index is 12.1. The van der Waals surface area contributed by atoms with Crippen molar-refractivity contribution in [2.75, 3.05) is 31.2 Å². The summed E-state index contributed by atoms with van der Waals surface area (Å²) in [5, 5.41) is 0.311. The molecule has 8 heteroatoms. The lowest BCUT2D eigenvalue weighted by Gasteiger charge is -2.35. The number of rotatable bonds is 0. The van der Waals surface area contributed by atoms with E-state index in [2.05, 4.69) is 9.71 Å². The summed E-state index contributed by atoms with van der Waals surface area (Å²) in [6.07, 6.45) is 1.47. The van der Waals surface area contributed by atoms with Crippen molar-refractivity contribution in [3.8, 4) is 0 Å².